The van der Waals surface area contributed by atoms with Crippen LogP contribution in [0.3, 0.4) is 0 Å². The summed E-state index contributed by atoms with van der Waals surface area (Å²) in [5.74, 6) is -0.909. The first kappa shape index (κ1) is 19.9. The van der Waals surface area contributed by atoms with E-state index in [0.29, 0.717) is 12.2 Å². The molecular weight excluding hydrogens is 442 g/mol. The van der Waals surface area contributed by atoms with E-state index in [1.165, 1.54) is 4.90 Å². The molecule has 3 amide bonds. The molecule has 0 saturated carbocycles. The normalized spacial score (nSPS) is 30.9. The minimum atomic E-state index is -1.18. The molecule has 1 aromatic carbocycles. The molecule has 8 heteroatoms. The molecule has 0 unspecified atom stereocenters. The Bertz CT molecular complexity index is 848. The van der Waals surface area contributed by atoms with Crippen LogP contribution in [0.4, 0.5) is 5.69 Å². The third-order valence-corrected chi connectivity index (χ3v) is 7.27. The van der Waals surface area contributed by atoms with Gasteiger partial charge in [0.15, 0.2) is 0 Å². The second-order valence-electron chi connectivity index (χ2n) is 7.67. The molecule has 2 fully saturated rings. The molecule has 2 N–H and O–H groups in total. The van der Waals surface area contributed by atoms with Crippen molar-refractivity contribution in [1.82, 2.24) is 10.2 Å². The number of hydrogen-bond donors (Lipinski definition) is 2. The Balaban J connectivity index is 1.81. The molecule has 0 bridgehead atoms. The lowest BCUT2D eigenvalue weighted by Gasteiger charge is -2.29. The predicted molar refractivity (Wildman–Crippen MR) is 113 cm³/mol. The zero-order valence-corrected chi connectivity index (χ0v) is 18.4. The Morgan fingerprint density at radius 1 is 1.25 bits per heavy atom. The zero-order chi connectivity index (χ0) is 20.1. The lowest BCUT2D eigenvalue weighted by Crippen LogP contribution is -2.53. The zero-order valence-electron chi connectivity index (χ0n) is 16.0. The Kier molecular flexibility index (Phi) is 5.31. The van der Waals surface area contributed by atoms with Crippen LogP contribution in [0.15, 0.2) is 22.7 Å². The molecule has 4 atom stereocenters. The van der Waals surface area contributed by atoms with Gasteiger partial charge in [0.05, 0.1) is 11.8 Å². The van der Waals surface area contributed by atoms with Gasteiger partial charge in [-0.3, -0.25) is 24.6 Å². The molecule has 6 nitrogen and oxygen atoms in total. The highest BCUT2D eigenvalue weighted by atomic mass is 79.9. The standard InChI is InChI=1S/C20H24BrN3O3S/c1-3-4-8-24-17(25)15-14(7-9-28-2)23-20(16(15)18(24)26)12-10-11(21)5-6-13(12)22-19(20)27/h5-6,10,14-16,23H,3-4,7-9H2,1-2H3,(H,22,27)/t14-,15+,16+,20+/m0/s1. The maximum absolute atomic E-state index is 13.4. The van der Waals surface area contributed by atoms with E-state index in [1.807, 2.05) is 31.4 Å². The van der Waals surface area contributed by atoms with Crippen LogP contribution in [-0.4, -0.2) is 47.2 Å². The van der Waals surface area contributed by atoms with Crippen LogP contribution in [0.2, 0.25) is 0 Å². The number of nitrogens with zero attached hydrogens (tertiary/aromatic N) is 1. The summed E-state index contributed by atoms with van der Waals surface area (Å²) in [4.78, 5) is 41.2. The molecule has 1 aromatic rings. The van der Waals surface area contributed by atoms with E-state index in [9.17, 15) is 14.4 Å². The van der Waals surface area contributed by atoms with Gasteiger partial charge in [0.1, 0.15) is 5.54 Å². The summed E-state index contributed by atoms with van der Waals surface area (Å²) in [6, 6.07) is 5.40. The van der Waals surface area contributed by atoms with E-state index >= 15 is 0 Å². The molecule has 3 heterocycles. The summed E-state index contributed by atoms with van der Waals surface area (Å²) >= 11 is 5.19. The van der Waals surface area contributed by atoms with Crippen LogP contribution in [0.5, 0.6) is 0 Å². The minimum Gasteiger partial charge on any atom is -0.324 e. The average Bonchev–Trinajstić information content (AvgIpc) is 3.24. The topological polar surface area (TPSA) is 78.5 Å². The van der Waals surface area contributed by atoms with Gasteiger partial charge in [-0.05, 0) is 43.0 Å². The number of carbonyl (C=O) groups is 3. The first-order valence-corrected chi connectivity index (χ1v) is 11.9. The molecule has 0 radical (unpaired) electrons. The molecule has 2 saturated heterocycles. The Morgan fingerprint density at radius 2 is 2.04 bits per heavy atom. The third-order valence-electron chi connectivity index (χ3n) is 6.14. The first-order chi connectivity index (χ1) is 13.5. The molecule has 28 heavy (non-hydrogen) atoms. The molecule has 150 valence electrons. The summed E-state index contributed by atoms with van der Waals surface area (Å²) in [5, 5.41) is 6.39. The van der Waals surface area contributed by atoms with Crippen molar-refractivity contribution in [3.63, 3.8) is 0 Å². The van der Waals surface area contributed by atoms with Gasteiger partial charge in [0, 0.05) is 28.3 Å². The number of anilines is 1. The maximum atomic E-state index is 13.4. The van der Waals surface area contributed by atoms with Crippen molar-refractivity contribution in [2.45, 2.75) is 37.8 Å². The van der Waals surface area contributed by atoms with Gasteiger partial charge in [0.25, 0.3) is 0 Å². The highest BCUT2D eigenvalue weighted by Gasteiger charge is 2.70. The summed E-state index contributed by atoms with van der Waals surface area (Å²) in [7, 11) is 0. The Hall–Kier alpha value is -1.38. The van der Waals surface area contributed by atoms with Gasteiger partial charge in [-0.2, -0.15) is 11.8 Å². The van der Waals surface area contributed by atoms with Gasteiger partial charge in [-0.25, -0.2) is 0 Å². The van der Waals surface area contributed by atoms with E-state index < -0.39 is 17.4 Å². The highest BCUT2D eigenvalue weighted by molar-refractivity contribution is 9.10. The predicted octanol–water partition coefficient (Wildman–Crippen LogP) is 2.72. The number of rotatable bonds is 6. The van der Waals surface area contributed by atoms with Crippen LogP contribution < -0.4 is 10.6 Å². The van der Waals surface area contributed by atoms with Gasteiger partial charge >= 0.3 is 0 Å². The molecule has 0 aliphatic carbocycles. The fourth-order valence-corrected chi connectivity index (χ4v) is 5.71. The van der Waals surface area contributed by atoms with Gasteiger partial charge < -0.3 is 5.32 Å². The van der Waals surface area contributed by atoms with E-state index in [2.05, 4.69) is 26.6 Å². The number of carbonyl (C=O) groups excluding carboxylic acids is 3. The number of halogens is 1. The second kappa shape index (κ2) is 7.46. The van der Waals surface area contributed by atoms with Crippen LogP contribution in [0, 0.1) is 11.8 Å². The molecule has 3 aliphatic heterocycles. The number of hydrogen-bond acceptors (Lipinski definition) is 5. The number of fused-ring (bicyclic) bond motifs is 4. The summed E-state index contributed by atoms with van der Waals surface area (Å²) in [6.45, 7) is 2.47. The van der Waals surface area contributed by atoms with Gasteiger partial charge in [-0.1, -0.05) is 29.3 Å². The fourth-order valence-electron chi connectivity index (χ4n) is 4.86. The number of benzene rings is 1. The van der Waals surface area contributed by atoms with Crippen molar-refractivity contribution in [3.05, 3.63) is 28.2 Å². The molecule has 4 rings (SSSR count). The van der Waals surface area contributed by atoms with Crippen LogP contribution in [0.25, 0.3) is 0 Å². The second-order valence-corrected chi connectivity index (χ2v) is 9.57. The van der Waals surface area contributed by atoms with Crippen molar-refractivity contribution < 1.29 is 14.4 Å². The van der Waals surface area contributed by atoms with E-state index in [4.69, 9.17) is 0 Å². The van der Waals surface area contributed by atoms with E-state index in [0.717, 1.165) is 35.1 Å². The molecule has 1 spiro atoms. The van der Waals surface area contributed by atoms with Crippen molar-refractivity contribution in [2.24, 2.45) is 11.8 Å². The lowest BCUT2D eigenvalue weighted by atomic mass is 9.76. The molecule has 3 aliphatic rings. The fraction of sp³-hybridized carbons (Fsp3) is 0.550. The van der Waals surface area contributed by atoms with E-state index in [-0.39, 0.29) is 23.8 Å². The van der Waals surface area contributed by atoms with Crippen molar-refractivity contribution in [2.75, 3.05) is 23.9 Å². The maximum Gasteiger partial charge on any atom is 0.250 e. The largest absolute Gasteiger partial charge is 0.324 e. The van der Waals surface area contributed by atoms with Crippen molar-refractivity contribution in [3.8, 4) is 0 Å². The van der Waals surface area contributed by atoms with Crippen molar-refractivity contribution in [1.29, 1.82) is 0 Å². The summed E-state index contributed by atoms with van der Waals surface area (Å²) in [5.41, 5.74) is 0.282. The van der Waals surface area contributed by atoms with Crippen molar-refractivity contribution >= 4 is 51.1 Å². The van der Waals surface area contributed by atoms with E-state index in [1.54, 1.807) is 11.8 Å². The number of nitrogens with one attached hydrogen (secondary N) is 2. The third kappa shape index (κ3) is 2.75. The minimum absolute atomic E-state index is 0.129. The molecule has 0 aromatic heterocycles. The van der Waals surface area contributed by atoms with Gasteiger partial charge in [0.2, 0.25) is 17.7 Å². The molecular formula is C20H24BrN3O3S. The lowest BCUT2D eigenvalue weighted by molar-refractivity contribution is -0.142. The average molecular weight is 466 g/mol. The van der Waals surface area contributed by atoms with Gasteiger partial charge in [-0.15, -0.1) is 0 Å². The number of unbranched alkanes of at least 4 members (excludes halogenated alkanes) is 1. The quantitative estimate of drug-likeness (QED) is 0.631. The summed E-state index contributed by atoms with van der Waals surface area (Å²) < 4.78 is 0.840. The number of amides is 3. The number of likely N-dealkylation sites (tertiary alicyclic amines) is 1. The van der Waals surface area contributed by atoms with Crippen LogP contribution >= 0.6 is 27.7 Å². The number of imide groups is 1. The highest BCUT2D eigenvalue weighted by Crippen LogP contribution is 2.53. The first-order valence-electron chi connectivity index (χ1n) is 9.69. The summed E-state index contributed by atoms with van der Waals surface area (Å²) in [6.07, 6.45) is 4.44. The Labute approximate surface area is 177 Å². The van der Waals surface area contributed by atoms with Crippen LogP contribution in [0.1, 0.15) is 31.7 Å². The Morgan fingerprint density at radius 3 is 2.75 bits per heavy atom. The number of thioether (sulfide) groups is 1. The smallest absolute Gasteiger partial charge is 0.250 e. The SMILES string of the molecule is CCCCN1C(=O)[C@@H]2[C@H](CCSC)N[C@@]3(C(=O)Nc4ccc(Br)cc43)[C@H]2C1=O. The monoisotopic (exact) mass is 465 g/mol. The van der Waals surface area contributed by atoms with Crippen LogP contribution in [-0.2, 0) is 19.9 Å².